The van der Waals surface area contributed by atoms with Crippen LogP contribution in [0.1, 0.15) is 18.1 Å². The Kier molecular flexibility index (Phi) is 5.33. The van der Waals surface area contributed by atoms with E-state index in [1.807, 2.05) is 23.1 Å². The van der Waals surface area contributed by atoms with Crippen molar-refractivity contribution in [2.24, 2.45) is 0 Å². The summed E-state index contributed by atoms with van der Waals surface area (Å²) in [6, 6.07) is 16.4. The second kappa shape index (κ2) is 7.48. The lowest BCUT2D eigenvalue weighted by atomic mass is 10.1. The van der Waals surface area contributed by atoms with Crippen molar-refractivity contribution in [2.75, 3.05) is 31.1 Å². The van der Waals surface area contributed by atoms with E-state index in [4.69, 9.17) is 0 Å². The Bertz CT molecular complexity index is 677. The monoisotopic (exact) mass is 348 g/mol. The Balaban J connectivity index is 1.58. The molecule has 0 amide bonds. The molecule has 0 N–H and O–H groups in total. The van der Waals surface area contributed by atoms with Gasteiger partial charge >= 0.3 is 6.18 Å². The molecule has 0 saturated carbocycles. The second-order valence-electron chi connectivity index (χ2n) is 6.61. The first kappa shape index (κ1) is 17.8. The smallest absolute Gasteiger partial charge is 0.369 e. The molecular formula is C20H23F3N2. The molecule has 1 aliphatic heterocycles. The van der Waals surface area contributed by atoms with Gasteiger partial charge < -0.3 is 4.90 Å². The van der Waals surface area contributed by atoms with E-state index in [0.717, 1.165) is 38.7 Å². The van der Waals surface area contributed by atoms with Crippen LogP contribution in [0.3, 0.4) is 0 Å². The molecule has 134 valence electrons. The zero-order valence-electron chi connectivity index (χ0n) is 14.3. The minimum atomic E-state index is -4.29. The average molecular weight is 348 g/mol. The first-order valence-electron chi connectivity index (χ1n) is 8.63. The summed E-state index contributed by atoms with van der Waals surface area (Å²) in [6.45, 7) is 5.45. The van der Waals surface area contributed by atoms with Gasteiger partial charge in [0.2, 0.25) is 0 Å². The Morgan fingerprint density at radius 3 is 2.24 bits per heavy atom. The van der Waals surface area contributed by atoms with Gasteiger partial charge in [-0.1, -0.05) is 36.4 Å². The van der Waals surface area contributed by atoms with Gasteiger partial charge in [-0.2, -0.15) is 13.2 Å². The molecule has 1 unspecified atom stereocenters. The van der Waals surface area contributed by atoms with Crippen molar-refractivity contribution < 1.29 is 13.2 Å². The lowest BCUT2D eigenvalue weighted by Gasteiger charge is -2.39. The van der Waals surface area contributed by atoms with Crippen LogP contribution in [-0.2, 0) is 12.6 Å². The lowest BCUT2D eigenvalue weighted by molar-refractivity contribution is -0.137. The Morgan fingerprint density at radius 2 is 1.60 bits per heavy atom. The van der Waals surface area contributed by atoms with Crippen molar-refractivity contribution in [2.45, 2.75) is 25.6 Å². The number of piperazine rings is 1. The van der Waals surface area contributed by atoms with Crippen molar-refractivity contribution in [3.63, 3.8) is 0 Å². The van der Waals surface area contributed by atoms with Crippen LogP contribution in [0, 0.1) is 0 Å². The minimum absolute atomic E-state index is 0.422. The fraction of sp³-hybridized carbons (Fsp3) is 0.400. The number of benzene rings is 2. The predicted molar refractivity (Wildman–Crippen MR) is 94.8 cm³/mol. The number of hydrogen-bond donors (Lipinski definition) is 0. The van der Waals surface area contributed by atoms with E-state index < -0.39 is 11.7 Å². The second-order valence-corrected chi connectivity index (χ2v) is 6.61. The highest BCUT2D eigenvalue weighted by atomic mass is 19.4. The predicted octanol–water partition coefficient (Wildman–Crippen LogP) is 4.46. The largest absolute Gasteiger partial charge is 0.416 e. The van der Waals surface area contributed by atoms with Crippen LogP contribution in [0.4, 0.5) is 18.9 Å². The number of rotatable bonds is 4. The van der Waals surface area contributed by atoms with Gasteiger partial charge in [0, 0.05) is 37.9 Å². The third-order valence-electron chi connectivity index (χ3n) is 4.85. The molecule has 1 aliphatic rings. The first-order valence-corrected chi connectivity index (χ1v) is 8.63. The Morgan fingerprint density at radius 1 is 0.920 bits per heavy atom. The maximum Gasteiger partial charge on any atom is 0.416 e. The molecule has 1 heterocycles. The third kappa shape index (κ3) is 4.54. The topological polar surface area (TPSA) is 6.48 Å². The molecule has 0 radical (unpaired) electrons. The van der Waals surface area contributed by atoms with Gasteiger partial charge in [-0.25, -0.2) is 0 Å². The highest BCUT2D eigenvalue weighted by Crippen LogP contribution is 2.32. The van der Waals surface area contributed by atoms with Gasteiger partial charge in [-0.05, 0) is 37.1 Å². The molecular weight excluding hydrogens is 325 g/mol. The summed E-state index contributed by atoms with van der Waals surface area (Å²) in [6.07, 6.45) is -3.30. The molecule has 0 bridgehead atoms. The van der Waals surface area contributed by atoms with Crippen molar-refractivity contribution in [1.82, 2.24) is 4.90 Å². The molecule has 3 rings (SSSR count). The number of anilines is 1. The van der Waals surface area contributed by atoms with Crippen LogP contribution in [0.15, 0.2) is 54.6 Å². The van der Waals surface area contributed by atoms with Crippen LogP contribution in [-0.4, -0.2) is 37.1 Å². The number of halogens is 3. The zero-order chi connectivity index (χ0) is 17.9. The SMILES string of the molecule is CC(Cc1ccccc1)N1CCN(c2cccc(C(F)(F)F)c2)CC1. The van der Waals surface area contributed by atoms with Gasteiger partial charge in [-0.15, -0.1) is 0 Å². The van der Waals surface area contributed by atoms with Crippen LogP contribution in [0.5, 0.6) is 0 Å². The standard InChI is InChI=1S/C20H23F3N2/c1-16(14-17-6-3-2-4-7-17)24-10-12-25(13-11-24)19-9-5-8-18(15-19)20(21,22)23/h2-9,15-16H,10-14H2,1H3. The molecule has 1 saturated heterocycles. The summed E-state index contributed by atoms with van der Waals surface area (Å²) in [5, 5.41) is 0. The molecule has 1 fully saturated rings. The van der Waals surface area contributed by atoms with Crippen LogP contribution in [0.25, 0.3) is 0 Å². The minimum Gasteiger partial charge on any atom is -0.369 e. The molecule has 2 nitrogen and oxygen atoms in total. The molecule has 1 atom stereocenters. The van der Waals surface area contributed by atoms with Crippen LogP contribution >= 0.6 is 0 Å². The number of nitrogens with zero attached hydrogens (tertiary/aromatic N) is 2. The van der Waals surface area contributed by atoms with Gasteiger partial charge in [0.25, 0.3) is 0 Å². The molecule has 5 heteroatoms. The van der Waals surface area contributed by atoms with Gasteiger partial charge in [0.15, 0.2) is 0 Å². The Hall–Kier alpha value is -2.01. The van der Waals surface area contributed by atoms with Crippen molar-refractivity contribution in [3.05, 3.63) is 65.7 Å². The summed E-state index contributed by atoms with van der Waals surface area (Å²) in [5.74, 6) is 0. The quantitative estimate of drug-likeness (QED) is 0.805. The van der Waals surface area contributed by atoms with E-state index in [9.17, 15) is 13.2 Å². The van der Waals surface area contributed by atoms with E-state index in [-0.39, 0.29) is 0 Å². The van der Waals surface area contributed by atoms with Crippen LogP contribution in [0.2, 0.25) is 0 Å². The highest BCUT2D eigenvalue weighted by Gasteiger charge is 2.31. The fourth-order valence-electron chi connectivity index (χ4n) is 3.38. The average Bonchev–Trinajstić information content (AvgIpc) is 2.62. The number of alkyl halides is 3. The van der Waals surface area contributed by atoms with Crippen LogP contribution < -0.4 is 4.90 Å². The van der Waals surface area contributed by atoms with Crippen molar-refractivity contribution >= 4 is 5.69 Å². The lowest BCUT2D eigenvalue weighted by Crippen LogP contribution is -2.50. The molecule has 25 heavy (non-hydrogen) atoms. The summed E-state index contributed by atoms with van der Waals surface area (Å²) in [5.41, 5.74) is 1.39. The third-order valence-corrected chi connectivity index (χ3v) is 4.85. The van der Waals surface area contributed by atoms with E-state index in [0.29, 0.717) is 11.7 Å². The molecule has 2 aromatic rings. The van der Waals surface area contributed by atoms with Gasteiger partial charge in [0.05, 0.1) is 5.56 Å². The van der Waals surface area contributed by atoms with Gasteiger partial charge in [0.1, 0.15) is 0 Å². The molecule has 0 aromatic heterocycles. The van der Waals surface area contributed by atoms with Gasteiger partial charge in [-0.3, -0.25) is 4.90 Å². The van der Waals surface area contributed by atoms with Crippen molar-refractivity contribution in [3.8, 4) is 0 Å². The summed E-state index contributed by atoms with van der Waals surface area (Å²) < 4.78 is 38.6. The fourth-order valence-corrected chi connectivity index (χ4v) is 3.38. The normalized spacial score (nSPS) is 17.5. The first-order chi connectivity index (χ1) is 11.9. The van der Waals surface area contributed by atoms with E-state index in [1.165, 1.54) is 17.7 Å². The maximum absolute atomic E-state index is 12.9. The molecule has 0 spiro atoms. The van der Waals surface area contributed by atoms with Crippen molar-refractivity contribution in [1.29, 1.82) is 0 Å². The summed E-state index contributed by atoms with van der Waals surface area (Å²) in [7, 11) is 0. The van der Waals surface area contributed by atoms with E-state index >= 15 is 0 Å². The summed E-state index contributed by atoms with van der Waals surface area (Å²) >= 11 is 0. The zero-order valence-corrected chi connectivity index (χ0v) is 14.3. The highest BCUT2D eigenvalue weighted by molar-refractivity contribution is 5.49. The number of hydrogen-bond acceptors (Lipinski definition) is 2. The van der Waals surface area contributed by atoms with E-state index in [2.05, 4.69) is 24.0 Å². The molecule has 0 aliphatic carbocycles. The summed E-state index contributed by atoms with van der Waals surface area (Å²) in [4.78, 5) is 4.46. The Labute approximate surface area is 146 Å². The maximum atomic E-state index is 12.9. The molecule has 2 aromatic carbocycles. The van der Waals surface area contributed by atoms with E-state index in [1.54, 1.807) is 6.07 Å².